The number of pyridine rings is 1. The minimum absolute atomic E-state index is 0.580. The lowest BCUT2D eigenvalue weighted by Crippen LogP contribution is -2.35. The summed E-state index contributed by atoms with van der Waals surface area (Å²) in [6.07, 6.45) is 7.77. The molecule has 1 saturated carbocycles. The van der Waals surface area contributed by atoms with Gasteiger partial charge in [0.15, 0.2) is 0 Å². The molecule has 1 aromatic heterocycles. The summed E-state index contributed by atoms with van der Waals surface area (Å²) in [7, 11) is 4.15. The Balaban J connectivity index is 2.13. The van der Waals surface area contributed by atoms with Gasteiger partial charge in [-0.05, 0) is 24.3 Å². The molecule has 1 fully saturated rings. The Labute approximate surface area is 111 Å². The van der Waals surface area contributed by atoms with Gasteiger partial charge in [-0.1, -0.05) is 26.7 Å². The average molecular weight is 247 g/mol. The number of hydrogen-bond donors (Lipinski definition) is 1. The van der Waals surface area contributed by atoms with Gasteiger partial charge in [-0.15, -0.1) is 0 Å². The first-order chi connectivity index (χ1) is 8.59. The highest BCUT2D eigenvalue weighted by atomic mass is 15.1. The Morgan fingerprint density at radius 2 is 2.06 bits per heavy atom. The van der Waals surface area contributed by atoms with Crippen molar-refractivity contribution >= 4 is 11.4 Å². The van der Waals surface area contributed by atoms with Crippen LogP contribution < -0.4 is 10.2 Å². The van der Waals surface area contributed by atoms with E-state index in [1.807, 2.05) is 12.4 Å². The molecule has 3 unspecified atom stereocenters. The predicted molar refractivity (Wildman–Crippen MR) is 78.2 cm³/mol. The van der Waals surface area contributed by atoms with Gasteiger partial charge >= 0.3 is 0 Å². The summed E-state index contributed by atoms with van der Waals surface area (Å²) >= 11 is 0. The predicted octanol–water partition coefficient (Wildman–Crippen LogP) is 3.38. The molecule has 0 aromatic carbocycles. The Hall–Kier alpha value is -1.25. The molecule has 1 heterocycles. The van der Waals surface area contributed by atoms with Crippen molar-refractivity contribution in [3.8, 4) is 0 Å². The maximum Gasteiger partial charge on any atom is 0.0766 e. The Morgan fingerprint density at radius 1 is 1.28 bits per heavy atom. The first kappa shape index (κ1) is 13.2. The van der Waals surface area contributed by atoms with Crippen LogP contribution in [0.1, 0.15) is 33.1 Å². The molecule has 0 spiro atoms. The lowest BCUT2D eigenvalue weighted by atomic mass is 9.78. The Kier molecular flexibility index (Phi) is 4.10. The maximum absolute atomic E-state index is 4.25. The molecule has 1 N–H and O–H groups in total. The average Bonchev–Trinajstić information content (AvgIpc) is 2.35. The van der Waals surface area contributed by atoms with Gasteiger partial charge in [0.1, 0.15) is 0 Å². The van der Waals surface area contributed by atoms with Gasteiger partial charge in [0.25, 0.3) is 0 Å². The molecule has 0 amide bonds. The van der Waals surface area contributed by atoms with E-state index in [9.17, 15) is 0 Å². The molecule has 0 bridgehead atoms. The van der Waals surface area contributed by atoms with E-state index in [0.717, 1.165) is 17.5 Å². The van der Waals surface area contributed by atoms with E-state index in [0.29, 0.717) is 6.04 Å². The monoisotopic (exact) mass is 247 g/mol. The second-order valence-corrected chi connectivity index (χ2v) is 5.81. The van der Waals surface area contributed by atoms with Crippen LogP contribution in [-0.2, 0) is 0 Å². The fourth-order valence-electron chi connectivity index (χ4n) is 2.87. The molecule has 1 aliphatic carbocycles. The van der Waals surface area contributed by atoms with Crippen molar-refractivity contribution in [3.05, 3.63) is 18.5 Å². The van der Waals surface area contributed by atoms with Gasteiger partial charge in [0.05, 0.1) is 17.6 Å². The van der Waals surface area contributed by atoms with Crippen LogP contribution in [0.25, 0.3) is 0 Å². The van der Waals surface area contributed by atoms with E-state index in [1.165, 1.54) is 24.9 Å². The van der Waals surface area contributed by atoms with Crippen molar-refractivity contribution in [1.82, 2.24) is 4.98 Å². The van der Waals surface area contributed by atoms with Crippen LogP contribution >= 0.6 is 0 Å². The van der Waals surface area contributed by atoms with Gasteiger partial charge < -0.3 is 10.2 Å². The van der Waals surface area contributed by atoms with Crippen LogP contribution in [0, 0.1) is 11.8 Å². The SMILES string of the molecule is CC1CCCC(Nc2cnccc2N(C)C)C1C. The molecule has 18 heavy (non-hydrogen) atoms. The first-order valence-corrected chi connectivity index (χ1v) is 6.97. The van der Waals surface area contributed by atoms with Gasteiger partial charge in [0, 0.05) is 26.3 Å². The molecule has 3 atom stereocenters. The van der Waals surface area contributed by atoms with Gasteiger partial charge in [-0.2, -0.15) is 0 Å². The Bertz CT molecular complexity index is 389. The molecular formula is C15H25N3. The summed E-state index contributed by atoms with van der Waals surface area (Å²) in [4.78, 5) is 6.39. The minimum Gasteiger partial charge on any atom is -0.379 e. The van der Waals surface area contributed by atoms with E-state index in [-0.39, 0.29) is 0 Å². The quantitative estimate of drug-likeness (QED) is 0.887. The molecule has 0 saturated heterocycles. The van der Waals surface area contributed by atoms with Crippen molar-refractivity contribution in [2.75, 3.05) is 24.3 Å². The molecule has 100 valence electrons. The summed E-state index contributed by atoms with van der Waals surface area (Å²) in [5.74, 6) is 1.55. The highest BCUT2D eigenvalue weighted by molar-refractivity contribution is 5.68. The van der Waals surface area contributed by atoms with E-state index in [4.69, 9.17) is 0 Å². The minimum atomic E-state index is 0.580. The Morgan fingerprint density at radius 3 is 2.78 bits per heavy atom. The second kappa shape index (κ2) is 5.59. The van der Waals surface area contributed by atoms with E-state index in [1.54, 1.807) is 0 Å². The van der Waals surface area contributed by atoms with E-state index >= 15 is 0 Å². The maximum atomic E-state index is 4.25. The summed E-state index contributed by atoms with van der Waals surface area (Å²) in [5.41, 5.74) is 2.38. The zero-order valence-corrected chi connectivity index (χ0v) is 12.0. The summed E-state index contributed by atoms with van der Waals surface area (Å²) in [5, 5.41) is 3.71. The number of rotatable bonds is 3. The summed E-state index contributed by atoms with van der Waals surface area (Å²) < 4.78 is 0. The first-order valence-electron chi connectivity index (χ1n) is 6.97. The van der Waals surface area contributed by atoms with Crippen molar-refractivity contribution in [1.29, 1.82) is 0 Å². The molecule has 1 aromatic rings. The fourth-order valence-corrected chi connectivity index (χ4v) is 2.87. The third kappa shape index (κ3) is 2.77. The van der Waals surface area contributed by atoms with Crippen molar-refractivity contribution in [3.63, 3.8) is 0 Å². The molecule has 2 rings (SSSR count). The van der Waals surface area contributed by atoms with E-state index in [2.05, 4.69) is 49.2 Å². The van der Waals surface area contributed by atoms with Gasteiger partial charge in [-0.25, -0.2) is 0 Å². The lowest BCUT2D eigenvalue weighted by molar-refractivity contribution is 0.253. The highest BCUT2D eigenvalue weighted by Crippen LogP contribution is 2.33. The van der Waals surface area contributed by atoms with Crippen LogP contribution in [0.15, 0.2) is 18.5 Å². The zero-order chi connectivity index (χ0) is 13.1. The van der Waals surface area contributed by atoms with Crippen LogP contribution in [0.2, 0.25) is 0 Å². The van der Waals surface area contributed by atoms with E-state index < -0.39 is 0 Å². The van der Waals surface area contributed by atoms with Crippen LogP contribution in [0.5, 0.6) is 0 Å². The zero-order valence-electron chi connectivity index (χ0n) is 12.0. The third-order valence-electron chi connectivity index (χ3n) is 4.33. The number of anilines is 2. The third-order valence-corrected chi connectivity index (χ3v) is 4.33. The van der Waals surface area contributed by atoms with Crippen molar-refractivity contribution in [2.24, 2.45) is 11.8 Å². The number of aromatic nitrogens is 1. The second-order valence-electron chi connectivity index (χ2n) is 5.81. The normalized spacial score (nSPS) is 27.9. The molecule has 0 aliphatic heterocycles. The van der Waals surface area contributed by atoms with Crippen molar-refractivity contribution < 1.29 is 0 Å². The number of nitrogens with zero attached hydrogens (tertiary/aromatic N) is 2. The summed E-state index contributed by atoms with van der Waals surface area (Å²) in [6, 6.07) is 2.65. The molecule has 3 heteroatoms. The summed E-state index contributed by atoms with van der Waals surface area (Å²) in [6.45, 7) is 4.74. The van der Waals surface area contributed by atoms with Crippen molar-refractivity contribution in [2.45, 2.75) is 39.2 Å². The van der Waals surface area contributed by atoms with Crippen LogP contribution in [0.4, 0.5) is 11.4 Å². The lowest BCUT2D eigenvalue weighted by Gasteiger charge is -2.36. The molecule has 3 nitrogen and oxygen atoms in total. The standard InChI is InChI=1S/C15H25N3/c1-11-6-5-7-13(12(11)2)17-14-10-16-9-8-15(14)18(3)4/h8-13,17H,5-7H2,1-4H3. The topological polar surface area (TPSA) is 28.2 Å². The van der Waals surface area contributed by atoms with Gasteiger partial charge in [0.2, 0.25) is 0 Å². The fraction of sp³-hybridized carbons (Fsp3) is 0.667. The van der Waals surface area contributed by atoms with Crippen LogP contribution in [-0.4, -0.2) is 25.1 Å². The smallest absolute Gasteiger partial charge is 0.0766 e. The van der Waals surface area contributed by atoms with Gasteiger partial charge in [-0.3, -0.25) is 4.98 Å². The number of hydrogen-bond acceptors (Lipinski definition) is 3. The van der Waals surface area contributed by atoms with Crippen LogP contribution in [0.3, 0.4) is 0 Å². The molecular weight excluding hydrogens is 222 g/mol. The largest absolute Gasteiger partial charge is 0.379 e. The molecule has 0 radical (unpaired) electrons. The molecule has 1 aliphatic rings. The highest BCUT2D eigenvalue weighted by Gasteiger charge is 2.27. The number of nitrogens with one attached hydrogen (secondary N) is 1.